The number of esters is 1. The fourth-order valence-electron chi connectivity index (χ4n) is 1.36. The van der Waals surface area contributed by atoms with Crippen molar-refractivity contribution >= 4 is 5.97 Å². The van der Waals surface area contributed by atoms with Crippen molar-refractivity contribution in [2.24, 2.45) is 0 Å². The highest BCUT2D eigenvalue weighted by Gasteiger charge is 2.26. The Kier molecular flexibility index (Phi) is 4.93. The van der Waals surface area contributed by atoms with Crippen LogP contribution in [0.5, 0.6) is 5.75 Å². The monoisotopic (exact) mass is 240 g/mol. The Bertz CT molecular complexity index is 360. The van der Waals surface area contributed by atoms with E-state index in [0.717, 1.165) is 7.11 Å². The van der Waals surface area contributed by atoms with Gasteiger partial charge < -0.3 is 19.7 Å². The van der Waals surface area contributed by atoms with E-state index in [4.69, 9.17) is 4.74 Å². The Morgan fingerprint density at radius 2 is 1.88 bits per heavy atom. The summed E-state index contributed by atoms with van der Waals surface area (Å²) in [5.41, 5.74) is 0.423. The Morgan fingerprint density at radius 3 is 2.35 bits per heavy atom. The third-order valence-corrected chi connectivity index (χ3v) is 2.27. The molecule has 0 aromatic heterocycles. The first-order valence-corrected chi connectivity index (χ1v) is 5.26. The van der Waals surface area contributed by atoms with Crippen LogP contribution in [0.1, 0.15) is 18.6 Å². The number of carbonyl (C=O) groups excluding carboxylic acids is 1. The molecule has 0 saturated heterocycles. The maximum atomic E-state index is 11.0. The van der Waals surface area contributed by atoms with Crippen LogP contribution in [-0.2, 0) is 9.53 Å². The van der Waals surface area contributed by atoms with Gasteiger partial charge in [-0.3, -0.25) is 0 Å². The van der Waals surface area contributed by atoms with Crippen molar-refractivity contribution in [3.05, 3.63) is 29.8 Å². The lowest BCUT2D eigenvalue weighted by Crippen LogP contribution is -2.28. The molecule has 5 heteroatoms. The van der Waals surface area contributed by atoms with E-state index in [1.54, 1.807) is 24.3 Å². The van der Waals surface area contributed by atoms with E-state index in [1.807, 2.05) is 6.92 Å². The second-order valence-corrected chi connectivity index (χ2v) is 3.41. The van der Waals surface area contributed by atoms with Gasteiger partial charge in [-0.1, -0.05) is 12.1 Å². The van der Waals surface area contributed by atoms with Crippen molar-refractivity contribution < 1.29 is 24.5 Å². The maximum Gasteiger partial charge on any atom is 0.337 e. The molecule has 0 aliphatic carbocycles. The van der Waals surface area contributed by atoms with Crippen LogP contribution in [0.4, 0.5) is 0 Å². The minimum Gasteiger partial charge on any atom is -0.494 e. The van der Waals surface area contributed by atoms with Gasteiger partial charge in [0, 0.05) is 0 Å². The van der Waals surface area contributed by atoms with E-state index in [0.29, 0.717) is 17.9 Å². The number of aliphatic hydroxyl groups is 2. The number of aliphatic hydroxyl groups excluding tert-OH is 2. The van der Waals surface area contributed by atoms with Crippen LogP contribution in [0.15, 0.2) is 24.3 Å². The zero-order valence-electron chi connectivity index (χ0n) is 9.79. The highest BCUT2D eigenvalue weighted by Crippen LogP contribution is 2.20. The molecule has 2 unspecified atom stereocenters. The summed E-state index contributed by atoms with van der Waals surface area (Å²) in [6.07, 6.45) is -2.89. The molecular formula is C12H16O5. The SMILES string of the molecule is CCOc1ccc(C(O)C(O)C(=O)OC)cc1. The molecular weight excluding hydrogens is 224 g/mol. The number of hydrogen-bond donors (Lipinski definition) is 2. The number of benzene rings is 1. The molecule has 1 aromatic rings. The van der Waals surface area contributed by atoms with Crippen molar-refractivity contribution in [2.45, 2.75) is 19.1 Å². The molecule has 1 rings (SSSR count). The highest BCUT2D eigenvalue weighted by atomic mass is 16.5. The first-order chi connectivity index (χ1) is 8.10. The van der Waals surface area contributed by atoms with E-state index in [2.05, 4.69) is 4.74 Å². The molecule has 0 fully saturated rings. The van der Waals surface area contributed by atoms with Crippen LogP contribution < -0.4 is 4.74 Å². The topological polar surface area (TPSA) is 76.0 Å². The molecule has 0 radical (unpaired) electrons. The lowest BCUT2D eigenvalue weighted by molar-refractivity contribution is -0.156. The second kappa shape index (κ2) is 6.22. The van der Waals surface area contributed by atoms with E-state index in [9.17, 15) is 15.0 Å². The zero-order chi connectivity index (χ0) is 12.8. The van der Waals surface area contributed by atoms with Gasteiger partial charge in [-0.2, -0.15) is 0 Å². The maximum absolute atomic E-state index is 11.0. The van der Waals surface area contributed by atoms with Gasteiger partial charge in [0.2, 0.25) is 0 Å². The van der Waals surface area contributed by atoms with Crippen LogP contribution in [0, 0.1) is 0 Å². The molecule has 2 atom stereocenters. The zero-order valence-corrected chi connectivity index (χ0v) is 9.79. The van der Waals surface area contributed by atoms with E-state index >= 15 is 0 Å². The number of carbonyl (C=O) groups is 1. The smallest absolute Gasteiger partial charge is 0.337 e. The first-order valence-electron chi connectivity index (χ1n) is 5.26. The van der Waals surface area contributed by atoms with Gasteiger partial charge in [0.15, 0.2) is 6.10 Å². The summed E-state index contributed by atoms with van der Waals surface area (Å²) in [5, 5.41) is 19.2. The van der Waals surface area contributed by atoms with Crippen LogP contribution in [0.25, 0.3) is 0 Å². The first kappa shape index (κ1) is 13.5. The molecule has 5 nitrogen and oxygen atoms in total. The summed E-state index contributed by atoms with van der Waals surface area (Å²) in [7, 11) is 1.15. The van der Waals surface area contributed by atoms with E-state index in [-0.39, 0.29) is 0 Å². The van der Waals surface area contributed by atoms with Gasteiger partial charge in [-0.05, 0) is 24.6 Å². The summed E-state index contributed by atoms with van der Waals surface area (Å²) in [6.45, 7) is 2.41. The molecule has 17 heavy (non-hydrogen) atoms. The van der Waals surface area contributed by atoms with Crippen LogP contribution in [-0.4, -0.2) is 36.0 Å². The highest BCUT2D eigenvalue weighted by molar-refractivity contribution is 5.75. The van der Waals surface area contributed by atoms with Gasteiger partial charge in [0.1, 0.15) is 11.9 Å². The lowest BCUT2D eigenvalue weighted by atomic mass is 10.0. The second-order valence-electron chi connectivity index (χ2n) is 3.41. The molecule has 1 aromatic carbocycles. The van der Waals surface area contributed by atoms with Crippen molar-refractivity contribution in [3.8, 4) is 5.75 Å². The fraction of sp³-hybridized carbons (Fsp3) is 0.417. The minimum atomic E-state index is -1.59. The third kappa shape index (κ3) is 3.44. The number of hydrogen-bond acceptors (Lipinski definition) is 5. The van der Waals surface area contributed by atoms with Crippen LogP contribution in [0.3, 0.4) is 0 Å². The standard InChI is InChI=1S/C12H16O5/c1-3-17-9-6-4-8(5-7-9)10(13)11(14)12(15)16-2/h4-7,10-11,13-14H,3H2,1-2H3. The molecule has 0 saturated carbocycles. The Labute approximate surface area is 99.6 Å². The van der Waals surface area contributed by atoms with Gasteiger partial charge in [0.25, 0.3) is 0 Å². The van der Waals surface area contributed by atoms with Crippen molar-refractivity contribution in [2.75, 3.05) is 13.7 Å². The summed E-state index contributed by atoms with van der Waals surface area (Å²) >= 11 is 0. The normalized spacial score (nSPS) is 13.9. The quantitative estimate of drug-likeness (QED) is 0.739. The molecule has 0 amide bonds. The summed E-state index contributed by atoms with van der Waals surface area (Å²) < 4.78 is 9.58. The number of ether oxygens (including phenoxy) is 2. The van der Waals surface area contributed by atoms with Crippen molar-refractivity contribution in [3.63, 3.8) is 0 Å². The molecule has 0 bridgehead atoms. The molecule has 0 aliphatic rings. The number of rotatable bonds is 5. The van der Waals surface area contributed by atoms with E-state index < -0.39 is 18.2 Å². The minimum absolute atomic E-state index is 0.423. The summed E-state index contributed by atoms with van der Waals surface area (Å²) in [6, 6.07) is 6.49. The number of methoxy groups -OCH3 is 1. The largest absolute Gasteiger partial charge is 0.494 e. The molecule has 2 N–H and O–H groups in total. The Morgan fingerprint density at radius 1 is 1.29 bits per heavy atom. The van der Waals surface area contributed by atoms with E-state index in [1.165, 1.54) is 0 Å². The van der Waals surface area contributed by atoms with Crippen molar-refractivity contribution in [1.29, 1.82) is 0 Å². The molecule has 94 valence electrons. The summed E-state index contributed by atoms with van der Waals surface area (Å²) in [5.74, 6) is -0.206. The molecule has 0 heterocycles. The van der Waals surface area contributed by atoms with Crippen LogP contribution in [0.2, 0.25) is 0 Å². The third-order valence-electron chi connectivity index (χ3n) is 2.27. The predicted molar refractivity (Wildman–Crippen MR) is 60.6 cm³/mol. The average Bonchev–Trinajstić information content (AvgIpc) is 2.37. The van der Waals surface area contributed by atoms with Gasteiger partial charge in [0.05, 0.1) is 13.7 Å². The Balaban J connectivity index is 2.75. The lowest BCUT2D eigenvalue weighted by Gasteiger charge is -2.16. The fourth-order valence-corrected chi connectivity index (χ4v) is 1.36. The Hall–Kier alpha value is -1.59. The summed E-state index contributed by atoms with van der Waals surface area (Å²) in [4.78, 5) is 11.0. The van der Waals surface area contributed by atoms with Gasteiger partial charge in [-0.25, -0.2) is 4.79 Å². The van der Waals surface area contributed by atoms with Gasteiger partial charge in [-0.15, -0.1) is 0 Å². The predicted octanol–water partition coefficient (Wildman–Crippen LogP) is 0.653. The average molecular weight is 240 g/mol. The molecule has 0 aliphatic heterocycles. The van der Waals surface area contributed by atoms with Crippen molar-refractivity contribution in [1.82, 2.24) is 0 Å². The van der Waals surface area contributed by atoms with Gasteiger partial charge >= 0.3 is 5.97 Å². The van der Waals surface area contributed by atoms with Crippen LogP contribution >= 0.6 is 0 Å². The molecule has 0 spiro atoms.